The number of nitrogens with one attached hydrogen (secondary N) is 1. The average Bonchev–Trinajstić information content (AvgIpc) is 2.71. The maximum absolute atomic E-state index is 11.5. The van der Waals surface area contributed by atoms with Gasteiger partial charge in [0.25, 0.3) is 0 Å². The largest absolute Gasteiger partial charge is 0.461 e. The highest BCUT2D eigenvalue weighted by Gasteiger charge is 2.07. The minimum Gasteiger partial charge on any atom is -0.461 e. The molecule has 0 atom stereocenters. The molecule has 17 heavy (non-hydrogen) atoms. The summed E-state index contributed by atoms with van der Waals surface area (Å²) in [5.41, 5.74) is 0.797. The van der Waals surface area contributed by atoms with Gasteiger partial charge < -0.3 is 14.8 Å². The molecule has 1 aromatic heterocycles. The van der Waals surface area contributed by atoms with Crippen molar-refractivity contribution >= 4 is 16.9 Å². The lowest BCUT2D eigenvalue weighted by Gasteiger charge is -2.01. The molecule has 2 rings (SSSR count). The van der Waals surface area contributed by atoms with E-state index in [2.05, 4.69) is 5.32 Å². The van der Waals surface area contributed by atoms with Crippen LogP contribution < -0.4 is 5.32 Å². The van der Waals surface area contributed by atoms with Gasteiger partial charge in [-0.3, -0.25) is 4.79 Å². The van der Waals surface area contributed by atoms with Crippen molar-refractivity contribution in [2.75, 3.05) is 13.2 Å². The molecular weight excluding hydrogens is 218 g/mol. The first-order valence-corrected chi connectivity index (χ1v) is 5.64. The van der Waals surface area contributed by atoms with Crippen molar-refractivity contribution in [1.29, 1.82) is 0 Å². The Hall–Kier alpha value is -1.81. The Morgan fingerprint density at radius 3 is 2.94 bits per heavy atom. The van der Waals surface area contributed by atoms with Gasteiger partial charge in [0.1, 0.15) is 11.3 Å². The number of aliphatic hydroxyl groups is 1. The van der Waals surface area contributed by atoms with Gasteiger partial charge in [0.05, 0.1) is 6.42 Å². The maximum atomic E-state index is 11.5. The number of carbonyl (C=O) groups excluding carboxylic acids is 1. The van der Waals surface area contributed by atoms with Crippen LogP contribution in [-0.2, 0) is 11.2 Å². The Morgan fingerprint density at radius 2 is 2.18 bits per heavy atom. The highest BCUT2D eigenvalue weighted by Crippen LogP contribution is 2.18. The van der Waals surface area contributed by atoms with Crippen LogP contribution in [0.4, 0.5) is 0 Å². The predicted octanol–water partition coefficient (Wildman–Crippen LogP) is 1.47. The van der Waals surface area contributed by atoms with Gasteiger partial charge in [-0.25, -0.2) is 0 Å². The minimum atomic E-state index is -0.0856. The number of aliphatic hydroxyl groups excluding tert-OH is 1. The Morgan fingerprint density at radius 1 is 1.35 bits per heavy atom. The number of rotatable bonds is 5. The van der Waals surface area contributed by atoms with E-state index in [1.807, 2.05) is 30.3 Å². The van der Waals surface area contributed by atoms with E-state index in [1.165, 1.54) is 0 Å². The van der Waals surface area contributed by atoms with Crippen molar-refractivity contribution < 1.29 is 14.3 Å². The first-order chi connectivity index (χ1) is 8.29. The van der Waals surface area contributed by atoms with Crippen molar-refractivity contribution in [3.63, 3.8) is 0 Å². The molecule has 90 valence electrons. The molecule has 2 N–H and O–H groups in total. The normalized spacial score (nSPS) is 10.6. The number of para-hydroxylation sites is 1. The fraction of sp³-hybridized carbons (Fsp3) is 0.308. The summed E-state index contributed by atoms with van der Waals surface area (Å²) < 4.78 is 5.53. The van der Waals surface area contributed by atoms with E-state index in [0.29, 0.717) is 18.7 Å². The smallest absolute Gasteiger partial charge is 0.227 e. The van der Waals surface area contributed by atoms with E-state index in [9.17, 15) is 4.79 Å². The fourth-order valence-corrected chi connectivity index (χ4v) is 1.65. The molecule has 2 aromatic rings. The topological polar surface area (TPSA) is 62.5 Å². The minimum absolute atomic E-state index is 0.0856. The number of fused-ring (bicyclic) bond motifs is 1. The van der Waals surface area contributed by atoms with Gasteiger partial charge in [-0.05, 0) is 18.6 Å². The molecule has 1 heterocycles. The average molecular weight is 233 g/mol. The molecule has 4 heteroatoms. The van der Waals surface area contributed by atoms with Gasteiger partial charge in [-0.15, -0.1) is 0 Å². The van der Waals surface area contributed by atoms with Crippen molar-refractivity contribution in [3.05, 3.63) is 36.1 Å². The van der Waals surface area contributed by atoms with Crippen LogP contribution in [0, 0.1) is 0 Å². The summed E-state index contributed by atoms with van der Waals surface area (Å²) in [6.07, 6.45) is 0.811. The molecule has 0 aliphatic rings. The second kappa shape index (κ2) is 5.50. The lowest BCUT2D eigenvalue weighted by molar-refractivity contribution is -0.120. The van der Waals surface area contributed by atoms with Crippen molar-refractivity contribution in [3.8, 4) is 0 Å². The van der Waals surface area contributed by atoms with Crippen molar-refractivity contribution in [1.82, 2.24) is 5.32 Å². The zero-order valence-corrected chi connectivity index (χ0v) is 9.48. The summed E-state index contributed by atoms with van der Waals surface area (Å²) >= 11 is 0. The zero-order valence-electron chi connectivity index (χ0n) is 9.48. The van der Waals surface area contributed by atoms with E-state index < -0.39 is 0 Å². The van der Waals surface area contributed by atoms with Crippen molar-refractivity contribution in [2.24, 2.45) is 0 Å². The maximum Gasteiger partial charge on any atom is 0.227 e. The molecule has 0 bridgehead atoms. The number of furan rings is 1. The van der Waals surface area contributed by atoms with Gasteiger partial charge in [0.15, 0.2) is 0 Å². The lowest BCUT2D eigenvalue weighted by atomic mass is 10.2. The number of hydrogen-bond donors (Lipinski definition) is 2. The number of amides is 1. The number of hydrogen-bond acceptors (Lipinski definition) is 3. The van der Waals surface area contributed by atoms with Gasteiger partial charge in [0, 0.05) is 18.5 Å². The molecule has 1 amide bonds. The summed E-state index contributed by atoms with van der Waals surface area (Å²) in [7, 11) is 0. The van der Waals surface area contributed by atoms with Gasteiger partial charge in [-0.1, -0.05) is 18.2 Å². The molecule has 0 aliphatic carbocycles. The third-order valence-electron chi connectivity index (χ3n) is 2.47. The zero-order chi connectivity index (χ0) is 12.1. The Kier molecular flexibility index (Phi) is 3.77. The third-order valence-corrected chi connectivity index (χ3v) is 2.47. The van der Waals surface area contributed by atoms with Gasteiger partial charge >= 0.3 is 0 Å². The van der Waals surface area contributed by atoms with Crippen LogP contribution in [0.1, 0.15) is 12.2 Å². The molecule has 0 aliphatic heterocycles. The predicted molar refractivity (Wildman–Crippen MR) is 64.6 cm³/mol. The second-order valence-electron chi connectivity index (χ2n) is 3.85. The van der Waals surface area contributed by atoms with E-state index in [-0.39, 0.29) is 18.9 Å². The number of carbonyl (C=O) groups is 1. The Bertz CT molecular complexity index is 471. The quantitative estimate of drug-likeness (QED) is 0.769. The van der Waals surface area contributed by atoms with Crippen molar-refractivity contribution in [2.45, 2.75) is 12.8 Å². The van der Waals surface area contributed by atoms with Crippen LogP contribution in [-0.4, -0.2) is 24.2 Å². The van der Waals surface area contributed by atoms with Crippen LogP contribution in [0.2, 0.25) is 0 Å². The third kappa shape index (κ3) is 3.07. The first kappa shape index (κ1) is 11.7. The standard InChI is InChI=1S/C13H15NO3/c15-7-3-6-14-13(16)9-11-8-10-4-1-2-5-12(10)17-11/h1-2,4-5,8,15H,3,6-7,9H2,(H,14,16). The van der Waals surface area contributed by atoms with Crippen LogP contribution in [0.15, 0.2) is 34.7 Å². The molecular formula is C13H15NO3. The summed E-state index contributed by atoms with van der Waals surface area (Å²) in [6.45, 7) is 0.584. The molecule has 0 saturated carbocycles. The lowest BCUT2D eigenvalue weighted by Crippen LogP contribution is -2.26. The fourth-order valence-electron chi connectivity index (χ4n) is 1.65. The second-order valence-corrected chi connectivity index (χ2v) is 3.85. The molecule has 0 spiro atoms. The molecule has 1 aromatic carbocycles. The van der Waals surface area contributed by atoms with E-state index in [1.54, 1.807) is 0 Å². The summed E-state index contributed by atoms with van der Waals surface area (Å²) in [6, 6.07) is 9.54. The summed E-state index contributed by atoms with van der Waals surface area (Å²) in [5.74, 6) is 0.574. The molecule has 0 saturated heterocycles. The highest BCUT2D eigenvalue weighted by molar-refractivity contribution is 5.82. The SMILES string of the molecule is O=C(Cc1cc2ccccc2o1)NCCCO. The van der Waals surface area contributed by atoms with Crippen LogP contribution in [0.5, 0.6) is 0 Å². The van der Waals surface area contributed by atoms with Gasteiger partial charge in [-0.2, -0.15) is 0 Å². The first-order valence-electron chi connectivity index (χ1n) is 5.64. The Balaban J connectivity index is 1.96. The monoisotopic (exact) mass is 233 g/mol. The van der Waals surface area contributed by atoms with Gasteiger partial charge in [0.2, 0.25) is 5.91 Å². The molecule has 4 nitrogen and oxygen atoms in total. The van der Waals surface area contributed by atoms with Crippen LogP contribution in [0.25, 0.3) is 11.0 Å². The summed E-state index contributed by atoms with van der Waals surface area (Å²) in [5, 5.41) is 12.3. The van der Waals surface area contributed by atoms with E-state index in [0.717, 1.165) is 11.0 Å². The summed E-state index contributed by atoms with van der Waals surface area (Å²) in [4.78, 5) is 11.5. The Labute approximate surface area is 99.2 Å². The molecule has 0 radical (unpaired) electrons. The van der Waals surface area contributed by atoms with Crippen LogP contribution in [0.3, 0.4) is 0 Å². The molecule has 0 unspecified atom stereocenters. The molecule has 0 fully saturated rings. The highest BCUT2D eigenvalue weighted by atomic mass is 16.3. The van der Waals surface area contributed by atoms with Crippen LogP contribution >= 0.6 is 0 Å². The van der Waals surface area contributed by atoms with E-state index in [4.69, 9.17) is 9.52 Å². The number of benzene rings is 1. The van der Waals surface area contributed by atoms with E-state index >= 15 is 0 Å².